The van der Waals surface area contributed by atoms with Crippen molar-refractivity contribution >= 4 is 0 Å². The molecular weight excluding hydrogens is 239 g/mol. The fourth-order valence-corrected chi connectivity index (χ4v) is 4.61. The minimum absolute atomic E-state index is 0.208. The lowest BCUT2D eigenvalue weighted by atomic mass is 10.0. The Kier molecular flexibility index (Phi) is 2.43. The Hall–Kier alpha value is -1.40. The van der Waals surface area contributed by atoms with Crippen LogP contribution >= 0.6 is 0 Å². The molecule has 0 spiro atoms. The molecule has 3 fully saturated rings. The van der Waals surface area contributed by atoms with Crippen LogP contribution in [-0.4, -0.2) is 6.04 Å². The van der Waals surface area contributed by atoms with E-state index in [0.717, 1.165) is 23.7 Å². The molecule has 0 radical (unpaired) electrons. The first-order valence-electron chi connectivity index (χ1n) is 7.20. The lowest BCUT2D eigenvalue weighted by molar-refractivity contribution is 0.456. The summed E-state index contributed by atoms with van der Waals surface area (Å²) in [6.07, 6.45) is 4.25. The zero-order chi connectivity index (χ0) is 13.0. The van der Waals surface area contributed by atoms with Gasteiger partial charge in [0.25, 0.3) is 0 Å². The van der Waals surface area contributed by atoms with E-state index in [2.05, 4.69) is 11.4 Å². The molecule has 4 atom stereocenters. The predicted octanol–water partition coefficient (Wildman–Crippen LogP) is 2.83. The molecule has 3 heteroatoms. The maximum atomic E-state index is 13.7. The summed E-state index contributed by atoms with van der Waals surface area (Å²) in [7, 11) is 0. The minimum Gasteiger partial charge on any atom is -0.309 e. The summed E-state index contributed by atoms with van der Waals surface area (Å²) in [5.41, 5.74) is 1.16. The van der Waals surface area contributed by atoms with Gasteiger partial charge in [-0.15, -0.1) is 0 Å². The number of nitrogens with zero attached hydrogens (tertiary/aromatic N) is 1. The van der Waals surface area contributed by atoms with E-state index < -0.39 is 0 Å². The van der Waals surface area contributed by atoms with Gasteiger partial charge < -0.3 is 5.32 Å². The third-order valence-electron chi connectivity index (χ3n) is 5.44. The normalized spacial score (nSPS) is 38.0. The van der Waals surface area contributed by atoms with E-state index in [1.54, 1.807) is 6.07 Å². The fraction of sp³-hybridized carbons (Fsp3) is 0.562. The van der Waals surface area contributed by atoms with E-state index in [9.17, 15) is 4.39 Å². The number of halogens is 1. The molecule has 98 valence electrons. The van der Waals surface area contributed by atoms with Gasteiger partial charge in [0.2, 0.25) is 0 Å². The number of hydrogen-bond acceptors (Lipinski definition) is 2. The number of nitrogens with one attached hydrogen (secondary N) is 1. The maximum Gasteiger partial charge on any atom is 0.127 e. The summed E-state index contributed by atoms with van der Waals surface area (Å²) in [6, 6.07) is 7.27. The SMILES string of the molecule is N#Cc1ccc(F)c(CNC2C3C4CCC(C4)C23)c1. The Bertz CT molecular complexity index is 546. The highest BCUT2D eigenvalue weighted by molar-refractivity contribution is 5.34. The highest BCUT2D eigenvalue weighted by Crippen LogP contribution is 2.65. The highest BCUT2D eigenvalue weighted by atomic mass is 19.1. The third-order valence-corrected chi connectivity index (χ3v) is 5.44. The number of hydrogen-bond donors (Lipinski definition) is 1. The van der Waals surface area contributed by atoms with Crippen LogP contribution in [0.1, 0.15) is 30.4 Å². The zero-order valence-corrected chi connectivity index (χ0v) is 10.8. The molecule has 4 rings (SSSR count). The van der Waals surface area contributed by atoms with Gasteiger partial charge in [-0.2, -0.15) is 5.26 Å². The number of rotatable bonds is 3. The quantitative estimate of drug-likeness (QED) is 0.902. The molecule has 3 aliphatic rings. The topological polar surface area (TPSA) is 35.8 Å². The van der Waals surface area contributed by atoms with Gasteiger partial charge in [0.05, 0.1) is 11.6 Å². The summed E-state index contributed by atoms with van der Waals surface area (Å²) in [6.45, 7) is 0.554. The van der Waals surface area contributed by atoms with Crippen molar-refractivity contribution in [3.63, 3.8) is 0 Å². The molecule has 2 nitrogen and oxygen atoms in total. The molecule has 19 heavy (non-hydrogen) atoms. The summed E-state index contributed by atoms with van der Waals surface area (Å²) in [4.78, 5) is 0. The second-order valence-corrected chi connectivity index (χ2v) is 6.31. The predicted molar refractivity (Wildman–Crippen MR) is 69.6 cm³/mol. The largest absolute Gasteiger partial charge is 0.309 e. The fourth-order valence-electron chi connectivity index (χ4n) is 4.61. The van der Waals surface area contributed by atoms with Crippen LogP contribution in [0.4, 0.5) is 4.39 Å². The standard InChI is InChI=1S/C16H17FN2/c17-13-4-1-9(7-18)5-12(13)8-19-16-14-10-2-3-11(6-10)15(14)16/h1,4-5,10-11,14-16,19H,2-3,6,8H2. The lowest BCUT2D eigenvalue weighted by Crippen LogP contribution is -2.23. The van der Waals surface area contributed by atoms with Gasteiger partial charge in [-0.25, -0.2) is 4.39 Å². The third kappa shape index (κ3) is 1.70. The number of nitriles is 1. The molecule has 4 unspecified atom stereocenters. The molecule has 1 N–H and O–H groups in total. The van der Waals surface area contributed by atoms with Crippen molar-refractivity contribution in [1.29, 1.82) is 5.26 Å². The molecule has 1 aromatic carbocycles. The Balaban J connectivity index is 1.43. The molecule has 3 saturated carbocycles. The van der Waals surface area contributed by atoms with Crippen LogP contribution < -0.4 is 5.32 Å². The minimum atomic E-state index is -0.208. The van der Waals surface area contributed by atoms with E-state index >= 15 is 0 Å². The average Bonchev–Trinajstić information content (AvgIpc) is 2.81. The number of fused-ring (bicyclic) bond motifs is 5. The Morgan fingerprint density at radius 2 is 2.00 bits per heavy atom. The highest BCUT2D eigenvalue weighted by Gasteiger charge is 2.64. The molecular formula is C16H17FN2. The van der Waals surface area contributed by atoms with E-state index in [-0.39, 0.29) is 5.82 Å². The molecule has 0 heterocycles. The molecule has 0 aromatic heterocycles. The Labute approximate surface area is 112 Å². The Morgan fingerprint density at radius 1 is 1.26 bits per heavy atom. The summed E-state index contributed by atoms with van der Waals surface area (Å²) in [5, 5.41) is 12.4. The van der Waals surface area contributed by atoms with Crippen LogP contribution in [0.25, 0.3) is 0 Å². The zero-order valence-electron chi connectivity index (χ0n) is 10.8. The van der Waals surface area contributed by atoms with Crippen LogP contribution in [-0.2, 0) is 6.54 Å². The monoisotopic (exact) mass is 256 g/mol. The summed E-state index contributed by atoms with van der Waals surface area (Å²) in [5.74, 6) is 3.38. The number of benzene rings is 1. The Morgan fingerprint density at radius 3 is 2.68 bits per heavy atom. The van der Waals surface area contributed by atoms with Gasteiger partial charge in [0.1, 0.15) is 5.82 Å². The second-order valence-electron chi connectivity index (χ2n) is 6.31. The van der Waals surface area contributed by atoms with Crippen molar-refractivity contribution in [3.8, 4) is 6.07 Å². The van der Waals surface area contributed by atoms with Gasteiger partial charge in [-0.05, 0) is 61.1 Å². The van der Waals surface area contributed by atoms with Gasteiger partial charge in [0.15, 0.2) is 0 Å². The van der Waals surface area contributed by atoms with Crippen LogP contribution in [0.5, 0.6) is 0 Å². The van der Waals surface area contributed by atoms with Crippen molar-refractivity contribution in [2.24, 2.45) is 23.7 Å². The van der Waals surface area contributed by atoms with Gasteiger partial charge >= 0.3 is 0 Å². The molecule has 2 bridgehead atoms. The van der Waals surface area contributed by atoms with Crippen molar-refractivity contribution in [1.82, 2.24) is 5.32 Å². The molecule has 0 aliphatic heterocycles. The second kappa shape index (κ2) is 4.05. The first-order chi connectivity index (χ1) is 9.28. The lowest BCUT2D eigenvalue weighted by Gasteiger charge is -2.11. The van der Waals surface area contributed by atoms with Gasteiger partial charge in [-0.3, -0.25) is 0 Å². The molecule has 1 aromatic rings. The summed E-state index contributed by atoms with van der Waals surface area (Å²) >= 11 is 0. The maximum absolute atomic E-state index is 13.7. The van der Waals surface area contributed by atoms with Crippen LogP contribution in [0.2, 0.25) is 0 Å². The first kappa shape index (κ1) is 11.4. The van der Waals surface area contributed by atoms with Crippen molar-refractivity contribution in [2.45, 2.75) is 31.8 Å². The van der Waals surface area contributed by atoms with Gasteiger partial charge in [-0.1, -0.05) is 0 Å². The van der Waals surface area contributed by atoms with E-state index in [4.69, 9.17) is 5.26 Å². The van der Waals surface area contributed by atoms with E-state index in [1.807, 2.05) is 0 Å². The van der Waals surface area contributed by atoms with E-state index in [1.165, 1.54) is 31.4 Å². The molecule has 0 amide bonds. The summed E-state index contributed by atoms with van der Waals surface area (Å²) < 4.78 is 13.7. The molecule has 3 aliphatic carbocycles. The van der Waals surface area contributed by atoms with Crippen LogP contribution in [0.3, 0.4) is 0 Å². The first-order valence-corrected chi connectivity index (χ1v) is 7.20. The smallest absolute Gasteiger partial charge is 0.127 e. The van der Waals surface area contributed by atoms with E-state index in [0.29, 0.717) is 23.7 Å². The van der Waals surface area contributed by atoms with Gasteiger partial charge in [0, 0.05) is 18.2 Å². The van der Waals surface area contributed by atoms with Crippen molar-refractivity contribution in [2.75, 3.05) is 0 Å². The molecule has 0 saturated heterocycles. The van der Waals surface area contributed by atoms with Crippen LogP contribution in [0, 0.1) is 40.8 Å². The average molecular weight is 256 g/mol. The van der Waals surface area contributed by atoms with Crippen LogP contribution in [0.15, 0.2) is 18.2 Å². The van der Waals surface area contributed by atoms with Crippen molar-refractivity contribution < 1.29 is 4.39 Å². The van der Waals surface area contributed by atoms with Crippen molar-refractivity contribution in [3.05, 3.63) is 35.1 Å².